The van der Waals surface area contributed by atoms with Crippen molar-refractivity contribution in [3.8, 4) is 0 Å². The molecule has 0 amide bonds. The lowest BCUT2D eigenvalue weighted by molar-refractivity contribution is -0.144. The summed E-state index contributed by atoms with van der Waals surface area (Å²) in [6.45, 7) is 1.60. The number of anilines is 2. The molecule has 0 atom stereocenters. The Morgan fingerprint density at radius 2 is 2.12 bits per heavy atom. The van der Waals surface area contributed by atoms with Gasteiger partial charge < -0.3 is 9.64 Å². The molecule has 1 saturated carbocycles. The lowest BCUT2D eigenvalue weighted by Gasteiger charge is -2.14. The minimum absolute atomic E-state index is 0.155. The fourth-order valence-corrected chi connectivity index (χ4v) is 2.56. The number of carbonyl (C=O) groups is 1. The Bertz CT molecular complexity index is 836. The Kier molecular flexibility index (Phi) is 4.14. The molecular weight excluding hydrogens is 316 g/mol. The average molecular weight is 336 g/mol. The third kappa shape index (κ3) is 2.68. The van der Waals surface area contributed by atoms with E-state index >= 15 is 0 Å². The van der Waals surface area contributed by atoms with Crippen molar-refractivity contribution in [2.45, 2.75) is 32.2 Å². The monoisotopic (exact) mass is 336 g/mol. The first-order valence-electron chi connectivity index (χ1n) is 7.74. The van der Waals surface area contributed by atoms with Gasteiger partial charge in [-0.3, -0.25) is 20.3 Å². The van der Waals surface area contributed by atoms with E-state index in [0.29, 0.717) is 11.6 Å². The Labute approximate surface area is 137 Å². The highest BCUT2D eigenvalue weighted by Crippen LogP contribution is 2.43. The number of esters is 1. The molecule has 2 aromatic rings. The van der Waals surface area contributed by atoms with E-state index in [0.717, 1.165) is 17.5 Å². The first-order chi connectivity index (χ1) is 11.5. The Morgan fingerprint density at radius 1 is 1.42 bits per heavy atom. The second-order valence-electron chi connectivity index (χ2n) is 5.87. The second-order valence-corrected chi connectivity index (χ2v) is 5.87. The summed E-state index contributed by atoms with van der Waals surface area (Å²) < 4.78 is 7.31. The van der Waals surface area contributed by atoms with Gasteiger partial charge in [0.15, 0.2) is 5.52 Å². The molecule has 0 spiro atoms. The van der Waals surface area contributed by atoms with Gasteiger partial charge >= 0.3 is 5.97 Å². The molecule has 2 aromatic heterocycles. The zero-order chi connectivity index (χ0) is 17.4. The average Bonchev–Trinajstić information content (AvgIpc) is 3.30. The summed E-state index contributed by atoms with van der Waals surface area (Å²) in [7, 11) is 3.51. The summed E-state index contributed by atoms with van der Waals surface area (Å²) >= 11 is 0. The van der Waals surface area contributed by atoms with Crippen molar-refractivity contribution in [3.63, 3.8) is 0 Å². The smallest absolute Gasteiger partial charge is 0.327 e. The van der Waals surface area contributed by atoms with Gasteiger partial charge in [-0.25, -0.2) is 4.68 Å². The third-order valence-corrected chi connectivity index (χ3v) is 3.81. The van der Waals surface area contributed by atoms with Crippen molar-refractivity contribution in [2.24, 2.45) is 0 Å². The van der Waals surface area contributed by atoms with Gasteiger partial charge in [0.2, 0.25) is 5.95 Å². The molecule has 10 heteroatoms. The van der Waals surface area contributed by atoms with Gasteiger partial charge in [0, 0.05) is 20.0 Å². The molecule has 0 saturated heterocycles. The molecule has 1 aliphatic carbocycles. The molecule has 0 radical (unpaired) electrons. The topological polar surface area (TPSA) is 114 Å². The fraction of sp³-hybridized carbons (Fsp3) is 0.571. The first-order valence-corrected chi connectivity index (χ1v) is 7.74. The van der Waals surface area contributed by atoms with Gasteiger partial charge in [-0.2, -0.15) is 9.61 Å². The molecule has 3 rings (SSSR count). The maximum absolute atomic E-state index is 12.7. The van der Waals surface area contributed by atoms with Crippen molar-refractivity contribution in [2.75, 3.05) is 31.1 Å². The number of hydrogen-bond acceptors (Lipinski definition) is 8. The first kappa shape index (κ1) is 16.2. The second kappa shape index (κ2) is 6.11. The Hall–Kier alpha value is -2.62. The SMILES string of the molecule is CCOC(=O)Cn1nc(N(C)C)n2nc(C3CC3)c(NO)c2c1=O. The molecule has 24 heavy (non-hydrogen) atoms. The molecule has 2 heterocycles. The van der Waals surface area contributed by atoms with Gasteiger partial charge in [-0.15, -0.1) is 5.10 Å². The molecule has 130 valence electrons. The van der Waals surface area contributed by atoms with Crippen molar-refractivity contribution in [3.05, 3.63) is 16.0 Å². The van der Waals surface area contributed by atoms with E-state index in [1.54, 1.807) is 25.9 Å². The molecule has 1 fully saturated rings. The number of nitrogens with zero attached hydrogens (tertiary/aromatic N) is 5. The van der Waals surface area contributed by atoms with Crippen LogP contribution in [0, 0.1) is 0 Å². The number of aromatic nitrogens is 4. The quantitative estimate of drug-likeness (QED) is 0.568. The van der Waals surface area contributed by atoms with Gasteiger partial charge in [-0.1, -0.05) is 0 Å². The van der Waals surface area contributed by atoms with Crippen LogP contribution in [0.2, 0.25) is 0 Å². The third-order valence-electron chi connectivity index (χ3n) is 3.81. The predicted molar refractivity (Wildman–Crippen MR) is 85.6 cm³/mol. The number of ether oxygens (including phenoxy) is 1. The summed E-state index contributed by atoms with van der Waals surface area (Å²) in [6, 6.07) is 0. The summed E-state index contributed by atoms with van der Waals surface area (Å²) in [4.78, 5) is 26.2. The number of nitrogens with one attached hydrogen (secondary N) is 1. The lowest BCUT2D eigenvalue weighted by atomic mass is 10.2. The number of hydrogen-bond donors (Lipinski definition) is 2. The summed E-state index contributed by atoms with van der Waals surface area (Å²) in [5.41, 5.74) is 2.63. The van der Waals surface area contributed by atoms with Crippen LogP contribution in [0.25, 0.3) is 5.52 Å². The Balaban J connectivity index is 2.22. The van der Waals surface area contributed by atoms with Crippen molar-refractivity contribution in [1.82, 2.24) is 19.4 Å². The van der Waals surface area contributed by atoms with Crippen LogP contribution in [-0.2, 0) is 16.1 Å². The maximum atomic E-state index is 12.7. The largest absolute Gasteiger partial charge is 0.465 e. The van der Waals surface area contributed by atoms with Crippen LogP contribution >= 0.6 is 0 Å². The van der Waals surface area contributed by atoms with Crippen LogP contribution in [0.3, 0.4) is 0 Å². The van der Waals surface area contributed by atoms with Crippen molar-refractivity contribution >= 4 is 23.1 Å². The number of fused-ring (bicyclic) bond motifs is 1. The molecule has 2 N–H and O–H groups in total. The molecule has 0 unspecified atom stereocenters. The summed E-state index contributed by atoms with van der Waals surface area (Å²) in [6.07, 6.45) is 1.92. The summed E-state index contributed by atoms with van der Waals surface area (Å²) in [5.74, 6) is 0.0337. The minimum Gasteiger partial charge on any atom is -0.465 e. The van der Waals surface area contributed by atoms with E-state index in [9.17, 15) is 14.8 Å². The highest BCUT2D eigenvalue weighted by atomic mass is 16.5. The van der Waals surface area contributed by atoms with E-state index in [1.165, 1.54) is 4.52 Å². The van der Waals surface area contributed by atoms with Crippen LogP contribution in [0.5, 0.6) is 0 Å². The van der Waals surface area contributed by atoms with Crippen LogP contribution < -0.4 is 15.9 Å². The van der Waals surface area contributed by atoms with E-state index < -0.39 is 11.5 Å². The van der Waals surface area contributed by atoms with Gasteiger partial charge in [0.1, 0.15) is 12.2 Å². The zero-order valence-electron chi connectivity index (χ0n) is 13.8. The van der Waals surface area contributed by atoms with Crippen molar-refractivity contribution < 1.29 is 14.7 Å². The van der Waals surface area contributed by atoms with E-state index in [-0.39, 0.29) is 30.3 Å². The van der Waals surface area contributed by atoms with Gasteiger partial charge in [0.05, 0.1) is 12.3 Å². The summed E-state index contributed by atoms with van der Waals surface area (Å²) in [5, 5.41) is 18.2. The standard InChI is InChI=1S/C14H20N6O4/c1-4-24-9(21)7-19-13(22)12-11(17-23)10(8-5-6-8)15-20(12)14(16-19)18(2)3/h8,17,23H,4-7H2,1-3H3. The lowest BCUT2D eigenvalue weighted by Crippen LogP contribution is -2.32. The number of carbonyl (C=O) groups excluding carboxylic acids is 1. The maximum Gasteiger partial charge on any atom is 0.327 e. The highest BCUT2D eigenvalue weighted by Gasteiger charge is 2.32. The van der Waals surface area contributed by atoms with E-state index in [4.69, 9.17) is 4.74 Å². The molecular formula is C14H20N6O4. The molecule has 10 nitrogen and oxygen atoms in total. The highest BCUT2D eigenvalue weighted by molar-refractivity contribution is 5.76. The van der Waals surface area contributed by atoms with Gasteiger partial charge in [-0.05, 0) is 19.8 Å². The molecule has 0 aromatic carbocycles. The minimum atomic E-state index is -0.554. The molecule has 0 bridgehead atoms. The fourth-order valence-electron chi connectivity index (χ4n) is 2.56. The van der Waals surface area contributed by atoms with Crippen LogP contribution in [0.15, 0.2) is 4.79 Å². The van der Waals surface area contributed by atoms with Crippen LogP contribution in [0.1, 0.15) is 31.4 Å². The zero-order valence-corrected chi connectivity index (χ0v) is 13.8. The Morgan fingerprint density at radius 3 is 2.67 bits per heavy atom. The predicted octanol–water partition coefficient (Wildman–Crippen LogP) is 0.199. The van der Waals surface area contributed by atoms with E-state index in [2.05, 4.69) is 15.7 Å². The number of rotatable bonds is 6. The van der Waals surface area contributed by atoms with E-state index in [1.807, 2.05) is 0 Å². The van der Waals surface area contributed by atoms with Crippen LogP contribution in [0.4, 0.5) is 11.6 Å². The van der Waals surface area contributed by atoms with Gasteiger partial charge in [0.25, 0.3) is 5.56 Å². The van der Waals surface area contributed by atoms with Crippen LogP contribution in [-0.4, -0.2) is 51.3 Å². The van der Waals surface area contributed by atoms with Crippen molar-refractivity contribution in [1.29, 1.82) is 0 Å². The normalized spacial score (nSPS) is 14.0. The molecule has 0 aliphatic heterocycles. The molecule has 1 aliphatic rings.